The number of alkyl halides is 3. The summed E-state index contributed by atoms with van der Waals surface area (Å²) >= 11 is 0. The number of carbonyl (C=O) groups is 1. The Morgan fingerprint density at radius 1 is 1.22 bits per heavy atom. The smallest absolute Gasteiger partial charge is 0.401 e. The molecule has 3 atom stereocenters. The molecule has 2 aliphatic heterocycles. The number of nitrogens with zero attached hydrogens (tertiary/aromatic N) is 1. The Kier molecular flexibility index (Phi) is 5.79. The zero-order valence-electron chi connectivity index (χ0n) is 17.8. The fraction of sp³-hybridized carbons (Fsp3) is 0.609. The van der Waals surface area contributed by atoms with E-state index >= 15 is 0 Å². The molecule has 1 amide bonds. The van der Waals surface area contributed by atoms with E-state index in [0.29, 0.717) is 50.7 Å². The van der Waals surface area contributed by atoms with Crippen LogP contribution < -0.4 is 10.1 Å². The molecule has 0 unspecified atom stereocenters. The lowest BCUT2D eigenvalue weighted by molar-refractivity contribution is -0.144. The zero-order valence-corrected chi connectivity index (χ0v) is 17.8. The molecule has 32 heavy (non-hydrogen) atoms. The largest absolute Gasteiger partial charge is 0.494 e. The topological polar surface area (TPSA) is 66.6 Å². The van der Waals surface area contributed by atoms with Gasteiger partial charge in [0, 0.05) is 30.2 Å². The number of anilines is 1. The number of hydrogen-bond acceptors (Lipinski definition) is 4. The number of hydrogen-bond donors (Lipinski definition) is 2. The van der Waals surface area contributed by atoms with Crippen LogP contribution in [-0.4, -0.2) is 61.4 Å². The summed E-state index contributed by atoms with van der Waals surface area (Å²) in [5.74, 6) is 1.88. The molecule has 9 heteroatoms. The number of rotatable bonds is 7. The van der Waals surface area contributed by atoms with Crippen LogP contribution in [0, 0.1) is 23.7 Å². The minimum Gasteiger partial charge on any atom is -0.494 e. The molecule has 2 saturated heterocycles. The van der Waals surface area contributed by atoms with Crippen molar-refractivity contribution < 1.29 is 27.4 Å². The van der Waals surface area contributed by atoms with Crippen molar-refractivity contribution in [2.75, 3.05) is 44.8 Å². The van der Waals surface area contributed by atoms with Crippen molar-refractivity contribution in [3.8, 4) is 5.75 Å². The summed E-state index contributed by atoms with van der Waals surface area (Å²) in [6, 6.07) is 5.77. The van der Waals surface area contributed by atoms with E-state index < -0.39 is 12.7 Å². The van der Waals surface area contributed by atoms with Crippen molar-refractivity contribution >= 4 is 22.5 Å². The standard InChI is InChI=1S/C23H28F3N3O3/c24-23(25,26)13-29-9-15-5-14(6-16(15)10-29)3-4-32-18-1-2-20-19(7-18)21(8-27-20)28-22(30)17-11-31-12-17/h1-2,7-8,14-17,27H,3-6,9-13H2,(H,28,30)/t14-,15-,16+. The first kappa shape index (κ1) is 21.6. The average Bonchev–Trinajstić information content (AvgIpc) is 3.32. The Morgan fingerprint density at radius 3 is 2.62 bits per heavy atom. The Labute approximate surface area is 184 Å². The Morgan fingerprint density at radius 2 is 1.97 bits per heavy atom. The molecule has 174 valence electrons. The zero-order chi connectivity index (χ0) is 22.3. The van der Waals surface area contributed by atoms with Gasteiger partial charge < -0.3 is 19.8 Å². The van der Waals surface area contributed by atoms with Crippen LogP contribution in [0.5, 0.6) is 5.75 Å². The minimum absolute atomic E-state index is 0.0379. The highest BCUT2D eigenvalue weighted by atomic mass is 19.4. The van der Waals surface area contributed by atoms with E-state index in [1.165, 1.54) is 0 Å². The molecule has 3 fully saturated rings. The van der Waals surface area contributed by atoms with E-state index in [1.54, 1.807) is 11.1 Å². The highest BCUT2D eigenvalue weighted by Crippen LogP contribution is 2.43. The Balaban J connectivity index is 1.11. The predicted molar refractivity (Wildman–Crippen MR) is 114 cm³/mol. The number of likely N-dealkylation sites (tertiary alicyclic amines) is 1. The molecule has 3 heterocycles. The molecule has 1 saturated carbocycles. The van der Waals surface area contributed by atoms with Gasteiger partial charge in [-0.2, -0.15) is 13.2 Å². The molecule has 1 aliphatic carbocycles. The normalized spacial score (nSPS) is 26.3. The monoisotopic (exact) mass is 451 g/mol. The van der Waals surface area contributed by atoms with E-state index in [4.69, 9.17) is 9.47 Å². The number of nitrogens with one attached hydrogen (secondary N) is 2. The van der Waals surface area contributed by atoms with Gasteiger partial charge in [0.25, 0.3) is 0 Å². The van der Waals surface area contributed by atoms with Crippen LogP contribution in [0.25, 0.3) is 10.9 Å². The lowest BCUT2D eigenvalue weighted by atomic mass is 10.0. The van der Waals surface area contributed by atoms with Gasteiger partial charge in [0.2, 0.25) is 5.91 Å². The number of amides is 1. The predicted octanol–water partition coefficient (Wildman–Crippen LogP) is 4.04. The summed E-state index contributed by atoms with van der Waals surface area (Å²) in [5, 5.41) is 3.85. The Hall–Kier alpha value is -2.26. The summed E-state index contributed by atoms with van der Waals surface area (Å²) in [7, 11) is 0. The molecule has 2 aromatic rings. The lowest BCUT2D eigenvalue weighted by Crippen LogP contribution is -2.38. The fourth-order valence-corrected chi connectivity index (χ4v) is 5.40. The molecule has 6 nitrogen and oxygen atoms in total. The van der Waals surface area contributed by atoms with E-state index in [1.807, 2.05) is 18.2 Å². The minimum atomic E-state index is -4.11. The molecule has 0 radical (unpaired) electrons. The number of halogens is 3. The van der Waals surface area contributed by atoms with E-state index in [9.17, 15) is 18.0 Å². The maximum Gasteiger partial charge on any atom is 0.401 e. The summed E-state index contributed by atoms with van der Waals surface area (Å²) in [6.07, 6.45) is 0.551. The molecule has 1 aromatic heterocycles. The van der Waals surface area contributed by atoms with Gasteiger partial charge in [0.1, 0.15) is 5.75 Å². The molecular formula is C23H28F3N3O3. The third-order valence-corrected chi connectivity index (χ3v) is 7.04. The van der Waals surface area contributed by atoms with Crippen LogP contribution in [0.1, 0.15) is 19.3 Å². The van der Waals surface area contributed by atoms with Crippen LogP contribution >= 0.6 is 0 Å². The second kappa shape index (κ2) is 8.59. The van der Waals surface area contributed by atoms with Crippen molar-refractivity contribution in [1.29, 1.82) is 0 Å². The number of aromatic nitrogens is 1. The van der Waals surface area contributed by atoms with Crippen molar-refractivity contribution in [3.63, 3.8) is 0 Å². The number of aromatic amines is 1. The number of carbonyl (C=O) groups excluding carboxylic acids is 1. The molecular weight excluding hydrogens is 423 g/mol. The second-order valence-electron chi connectivity index (χ2n) is 9.44. The highest BCUT2D eigenvalue weighted by molar-refractivity contribution is 6.03. The van der Waals surface area contributed by atoms with Crippen LogP contribution in [0.4, 0.5) is 18.9 Å². The third-order valence-electron chi connectivity index (χ3n) is 7.04. The van der Waals surface area contributed by atoms with Crippen molar-refractivity contribution in [2.24, 2.45) is 23.7 Å². The van der Waals surface area contributed by atoms with Gasteiger partial charge in [-0.3, -0.25) is 9.69 Å². The summed E-state index contributed by atoms with van der Waals surface area (Å²) in [4.78, 5) is 16.9. The third kappa shape index (κ3) is 4.73. The van der Waals surface area contributed by atoms with Gasteiger partial charge in [-0.05, 0) is 55.2 Å². The van der Waals surface area contributed by atoms with Gasteiger partial charge in [-0.25, -0.2) is 0 Å². The van der Waals surface area contributed by atoms with E-state index in [-0.39, 0.29) is 11.8 Å². The number of benzene rings is 1. The second-order valence-corrected chi connectivity index (χ2v) is 9.44. The molecule has 2 N–H and O–H groups in total. The average molecular weight is 451 g/mol. The quantitative estimate of drug-likeness (QED) is 0.667. The van der Waals surface area contributed by atoms with Gasteiger partial charge in [0.05, 0.1) is 38.0 Å². The SMILES string of the molecule is O=C(Nc1c[nH]c2ccc(OCC[C@@H]3C[C@@H]4CN(CC(F)(F)F)C[C@@H]4C3)cc12)C1COC1. The van der Waals surface area contributed by atoms with Crippen LogP contribution in [0.3, 0.4) is 0 Å². The number of H-pyrrole nitrogens is 1. The number of ether oxygens (including phenoxy) is 2. The van der Waals surface area contributed by atoms with Gasteiger partial charge in [-0.15, -0.1) is 0 Å². The lowest BCUT2D eigenvalue weighted by Gasteiger charge is -2.24. The summed E-state index contributed by atoms with van der Waals surface area (Å²) < 4.78 is 48.9. The van der Waals surface area contributed by atoms with Crippen molar-refractivity contribution in [3.05, 3.63) is 24.4 Å². The van der Waals surface area contributed by atoms with Gasteiger partial charge >= 0.3 is 6.18 Å². The van der Waals surface area contributed by atoms with Crippen LogP contribution in [-0.2, 0) is 9.53 Å². The first-order chi connectivity index (χ1) is 15.3. The maximum atomic E-state index is 12.6. The molecule has 3 aliphatic rings. The summed E-state index contributed by atoms with van der Waals surface area (Å²) in [5.41, 5.74) is 1.65. The molecule has 5 rings (SSSR count). The first-order valence-corrected chi connectivity index (χ1v) is 11.3. The van der Waals surface area contributed by atoms with Crippen LogP contribution in [0.2, 0.25) is 0 Å². The number of fused-ring (bicyclic) bond motifs is 2. The fourth-order valence-electron chi connectivity index (χ4n) is 5.40. The van der Waals surface area contributed by atoms with E-state index in [0.717, 1.165) is 41.6 Å². The first-order valence-electron chi connectivity index (χ1n) is 11.3. The van der Waals surface area contributed by atoms with Crippen molar-refractivity contribution in [1.82, 2.24) is 9.88 Å². The highest BCUT2D eigenvalue weighted by Gasteiger charge is 2.43. The van der Waals surface area contributed by atoms with Crippen molar-refractivity contribution in [2.45, 2.75) is 25.4 Å². The molecule has 1 aromatic carbocycles. The van der Waals surface area contributed by atoms with Gasteiger partial charge in [0.15, 0.2) is 0 Å². The van der Waals surface area contributed by atoms with Crippen LogP contribution in [0.15, 0.2) is 24.4 Å². The summed E-state index contributed by atoms with van der Waals surface area (Å²) in [6.45, 7) is 1.84. The molecule has 0 spiro atoms. The van der Waals surface area contributed by atoms with E-state index in [2.05, 4.69) is 10.3 Å². The Bertz CT molecular complexity index is 958. The molecule has 0 bridgehead atoms. The maximum absolute atomic E-state index is 12.6. The van der Waals surface area contributed by atoms with Gasteiger partial charge in [-0.1, -0.05) is 0 Å².